The average Bonchev–Trinajstić information content (AvgIpc) is 2.81. The van der Waals surface area contributed by atoms with Crippen LogP contribution >= 0.6 is 0 Å². The summed E-state index contributed by atoms with van der Waals surface area (Å²) in [5.41, 5.74) is 0.287. The monoisotopic (exact) mass is 326 g/mol. The zero-order valence-corrected chi connectivity index (χ0v) is 11.6. The van der Waals surface area contributed by atoms with Crippen LogP contribution in [0.15, 0.2) is 50.5 Å². The van der Waals surface area contributed by atoms with Crippen molar-refractivity contribution in [3.8, 4) is 0 Å². The zero-order valence-electron chi connectivity index (χ0n) is 10.8. The van der Waals surface area contributed by atoms with Gasteiger partial charge in [0, 0.05) is 6.07 Å². The lowest BCUT2D eigenvalue weighted by Gasteiger charge is -2.08. The number of hydrogen-bond donors (Lipinski definition) is 2. The quantitative estimate of drug-likeness (QED) is 0.772. The Kier molecular flexibility index (Phi) is 3.21. The molecule has 114 valence electrons. The maximum Gasteiger partial charge on any atom is 0.417 e. The number of H-pyrrole nitrogens is 1. The summed E-state index contributed by atoms with van der Waals surface area (Å²) in [7, 11) is -4.03. The Morgan fingerprint density at radius 1 is 1.05 bits per heavy atom. The molecule has 0 aliphatic rings. The molecule has 0 atom stereocenters. The van der Waals surface area contributed by atoms with Gasteiger partial charge in [0.25, 0.3) is 10.0 Å². The number of halogens is 2. The molecule has 1 aromatic heterocycles. The van der Waals surface area contributed by atoms with Crippen molar-refractivity contribution in [2.24, 2.45) is 0 Å². The lowest BCUT2D eigenvalue weighted by atomic mass is 10.3. The van der Waals surface area contributed by atoms with Gasteiger partial charge in [0.2, 0.25) is 0 Å². The summed E-state index contributed by atoms with van der Waals surface area (Å²) in [4.78, 5) is 13.2. The van der Waals surface area contributed by atoms with Crippen LogP contribution in [0, 0.1) is 11.6 Å². The molecule has 3 aromatic rings. The Balaban J connectivity index is 1.99. The fourth-order valence-corrected chi connectivity index (χ4v) is 2.95. The maximum absolute atomic E-state index is 13.1. The highest BCUT2D eigenvalue weighted by atomic mass is 32.2. The SMILES string of the molecule is O=c1[nH]c2cc(S(=O)(=O)Nc3ccc(F)c(F)c3)ccc2o1. The Hall–Kier alpha value is -2.68. The number of hydrogen-bond acceptors (Lipinski definition) is 4. The van der Waals surface area contributed by atoms with Gasteiger partial charge in [0.15, 0.2) is 17.2 Å². The molecule has 0 bridgehead atoms. The number of fused-ring (bicyclic) bond motifs is 1. The molecule has 9 heteroatoms. The highest BCUT2D eigenvalue weighted by Crippen LogP contribution is 2.21. The largest absolute Gasteiger partial charge is 0.417 e. The molecule has 0 aliphatic carbocycles. The van der Waals surface area contributed by atoms with Crippen molar-refractivity contribution in [3.63, 3.8) is 0 Å². The summed E-state index contributed by atoms with van der Waals surface area (Å²) in [5, 5.41) is 0. The van der Waals surface area contributed by atoms with Gasteiger partial charge in [-0.05, 0) is 30.3 Å². The average molecular weight is 326 g/mol. The molecule has 6 nitrogen and oxygen atoms in total. The Bertz CT molecular complexity index is 1020. The molecule has 0 unspecified atom stereocenters. The van der Waals surface area contributed by atoms with E-state index < -0.39 is 27.4 Å². The molecule has 2 aromatic carbocycles. The van der Waals surface area contributed by atoms with Gasteiger partial charge in [-0.15, -0.1) is 0 Å². The van der Waals surface area contributed by atoms with Crippen molar-refractivity contribution in [2.75, 3.05) is 4.72 Å². The molecule has 0 fully saturated rings. The topological polar surface area (TPSA) is 92.2 Å². The first-order valence-electron chi connectivity index (χ1n) is 5.96. The second-order valence-electron chi connectivity index (χ2n) is 4.41. The summed E-state index contributed by atoms with van der Waals surface area (Å²) in [6.45, 7) is 0. The number of oxazole rings is 1. The van der Waals surface area contributed by atoms with Crippen molar-refractivity contribution < 1.29 is 21.6 Å². The summed E-state index contributed by atoms with van der Waals surface area (Å²) in [5.74, 6) is -2.96. The smallest absolute Gasteiger partial charge is 0.408 e. The summed E-state index contributed by atoms with van der Waals surface area (Å²) in [6, 6.07) is 6.36. The minimum atomic E-state index is -4.03. The van der Waals surface area contributed by atoms with Crippen molar-refractivity contribution in [3.05, 3.63) is 58.6 Å². The third kappa shape index (κ3) is 2.58. The van der Waals surface area contributed by atoms with Gasteiger partial charge < -0.3 is 4.42 Å². The van der Waals surface area contributed by atoms with Crippen LogP contribution in [0.25, 0.3) is 11.1 Å². The highest BCUT2D eigenvalue weighted by Gasteiger charge is 2.17. The van der Waals surface area contributed by atoms with Crippen molar-refractivity contribution in [2.45, 2.75) is 4.90 Å². The van der Waals surface area contributed by atoms with Crippen LogP contribution in [0.5, 0.6) is 0 Å². The first-order valence-corrected chi connectivity index (χ1v) is 7.44. The molecule has 0 saturated heterocycles. The van der Waals surface area contributed by atoms with Gasteiger partial charge in [-0.1, -0.05) is 0 Å². The van der Waals surface area contributed by atoms with E-state index in [-0.39, 0.29) is 21.7 Å². The van der Waals surface area contributed by atoms with Gasteiger partial charge in [-0.25, -0.2) is 22.0 Å². The molecule has 0 aliphatic heterocycles. The highest BCUT2D eigenvalue weighted by molar-refractivity contribution is 7.92. The second-order valence-corrected chi connectivity index (χ2v) is 6.09. The number of nitrogens with one attached hydrogen (secondary N) is 2. The van der Waals surface area contributed by atoms with Crippen LogP contribution in [0.3, 0.4) is 0 Å². The number of anilines is 1. The number of rotatable bonds is 3. The van der Waals surface area contributed by atoms with E-state index in [4.69, 9.17) is 4.42 Å². The first kappa shape index (κ1) is 14.3. The number of sulfonamides is 1. The molecular formula is C13H8F2N2O4S. The third-order valence-electron chi connectivity index (χ3n) is 2.87. The van der Waals surface area contributed by atoms with E-state index in [9.17, 15) is 22.0 Å². The van der Waals surface area contributed by atoms with E-state index in [2.05, 4.69) is 9.71 Å². The van der Waals surface area contributed by atoms with Crippen LogP contribution < -0.4 is 10.5 Å². The number of aromatic amines is 1. The van der Waals surface area contributed by atoms with Gasteiger partial charge in [0.05, 0.1) is 16.1 Å². The molecule has 1 heterocycles. The standard InChI is InChI=1S/C13H8F2N2O4S/c14-9-3-1-7(5-10(9)15)17-22(19,20)8-2-4-12-11(6-8)16-13(18)21-12/h1-6,17H,(H,16,18). The third-order valence-corrected chi connectivity index (χ3v) is 4.25. The predicted octanol–water partition coefficient (Wildman–Crippen LogP) is 2.20. The van der Waals surface area contributed by atoms with Gasteiger partial charge >= 0.3 is 5.76 Å². The fourth-order valence-electron chi connectivity index (χ4n) is 1.87. The molecule has 0 saturated carbocycles. The number of benzene rings is 2. The Morgan fingerprint density at radius 3 is 2.55 bits per heavy atom. The summed E-state index contributed by atoms with van der Waals surface area (Å²) < 4.78 is 57.2. The van der Waals surface area contributed by atoms with Gasteiger partial charge in [-0.2, -0.15) is 0 Å². The fraction of sp³-hybridized carbons (Fsp3) is 0. The molecular weight excluding hydrogens is 318 g/mol. The van der Waals surface area contributed by atoms with E-state index in [1.165, 1.54) is 18.2 Å². The summed E-state index contributed by atoms with van der Waals surface area (Å²) in [6.07, 6.45) is 0. The van der Waals surface area contributed by atoms with E-state index in [0.29, 0.717) is 0 Å². The van der Waals surface area contributed by atoms with E-state index in [1.54, 1.807) is 0 Å². The van der Waals surface area contributed by atoms with Crippen LogP contribution in [0.2, 0.25) is 0 Å². The Labute approximate surface area is 122 Å². The van der Waals surface area contributed by atoms with Crippen molar-refractivity contribution in [1.82, 2.24) is 4.98 Å². The molecule has 0 radical (unpaired) electrons. The molecule has 2 N–H and O–H groups in total. The Morgan fingerprint density at radius 2 is 1.82 bits per heavy atom. The lowest BCUT2D eigenvalue weighted by molar-refractivity contribution is 0.509. The van der Waals surface area contributed by atoms with Gasteiger partial charge in [-0.3, -0.25) is 9.71 Å². The van der Waals surface area contributed by atoms with Crippen LogP contribution in [0.4, 0.5) is 14.5 Å². The molecule has 22 heavy (non-hydrogen) atoms. The lowest BCUT2D eigenvalue weighted by Crippen LogP contribution is -2.13. The van der Waals surface area contributed by atoms with Crippen LogP contribution in [-0.2, 0) is 10.0 Å². The molecule has 0 spiro atoms. The maximum atomic E-state index is 13.1. The minimum Gasteiger partial charge on any atom is -0.408 e. The summed E-state index contributed by atoms with van der Waals surface area (Å²) >= 11 is 0. The first-order chi connectivity index (χ1) is 10.3. The molecule has 0 amide bonds. The van der Waals surface area contributed by atoms with E-state index in [1.807, 2.05) is 0 Å². The zero-order chi connectivity index (χ0) is 15.9. The van der Waals surface area contributed by atoms with E-state index in [0.717, 1.165) is 18.2 Å². The van der Waals surface area contributed by atoms with Crippen molar-refractivity contribution in [1.29, 1.82) is 0 Å². The predicted molar refractivity (Wildman–Crippen MR) is 74.0 cm³/mol. The minimum absolute atomic E-state index is 0.125. The van der Waals surface area contributed by atoms with E-state index >= 15 is 0 Å². The van der Waals surface area contributed by atoms with Crippen LogP contribution in [-0.4, -0.2) is 13.4 Å². The second kappa shape index (κ2) is 4.95. The normalized spacial score (nSPS) is 11.7. The van der Waals surface area contributed by atoms with Crippen LogP contribution in [0.1, 0.15) is 0 Å². The van der Waals surface area contributed by atoms with Gasteiger partial charge in [0.1, 0.15) is 0 Å². The van der Waals surface area contributed by atoms with Crippen molar-refractivity contribution >= 4 is 26.8 Å². The molecule has 3 rings (SSSR count). The number of aromatic nitrogens is 1.